The summed E-state index contributed by atoms with van der Waals surface area (Å²) in [6.45, 7) is 2.18. The zero-order valence-electron chi connectivity index (χ0n) is 8.82. The fourth-order valence-corrected chi connectivity index (χ4v) is 2.08. The predicted molar refractivity (Wildman–Crippen MR) is 57.2 cm³/mol. The van der Waals surface area contributed by atoms with Crippen LogP contribution in [-0.4, -0.2) is 15.5 Å². The van der Waals surface area contributed by atoms with Crippen LogP contribution in [0.4, 0.5) is 5.82 Å². The molecule has 0 amide bonds. The maximum Gasteiger partial charge on any atom is 0.182 e. The summed E-state index contributed by atoms with van der Waals surface area (Å²) in [5.41, 5.74) is 0.465. The minimum absolute atomic E-state index is 0.0850. The summed E-state index contributed by atoms with van der Waals surface area (Å²) in [4.78, 5) is 8.15. The molecule has 1 heterocycles. The van der Waals surface area contributed by atoms with Crippen LogP contribution in [0.1, 0.15) is 38.3 Å². The van der Waals surface area contributed by atoms with E-state index >= 15 is 0 Å². The Morgan fingerprint density at radius 1 is 1.33 bits per heavy atom. The second-order valence-corrected chi connectivity index (χ2v) is 4.26. The Balaban J connectivity index is 2.20. The molecule has 0 saturated heterocycles. The van der Waals surface area contributed by atoms with E-state index < -0.39 is 0 Å². The van der Waals surface area contributed by atoms with Gasteiger partial charge in [0.15, 0.2) is 11.5 Å². The maximum absolute atomic E-state index is 8.88. The van der Waals surface area contributed by atoms with Crippen LogP contribution in [-0.2, 0) is 0 Å². The molecule has 78 valence electrons. The molecule has 1 saturated carbocycles. The van der Waals surface area contributed by atoms with Crippen LogP contribution < -0.4 is 5.32 Å². The molecular formula is C11H14N4. The van der Waals surface area contributed by atoms with Crippen LogP contribution in [0.2, 0.25) is 0 Å². The Kier molecular flexibility index (Phi) is 2.55. The zero-order chi connectivity index (χ0) is 10.7. The van der Waals surface area contributed by atoms with Crippen molar-refractivity contribution in [1.29, 1.82) is 5.26 Å². The first kappa shape index (κ1) is 9.91. The topological polar surface area (TPSA) is 61.6 Å². The molecule has 0 spiro atoms. The van der Waals surface area contributed by atoms with Gasteiger partial charge in [-0.3, -0.25) is 0 Å². The standard InChI is InChI=1S/C11H14N4/c1-11(4-2-3-5-11)15-10-9(8-12)13-6-7-14-10/h6-7H,2-5H2,1H3,(H,14,15). The number of hydrogen-bond acceptors (Lipinski definition) is 4. The van der Waals surface area contributed by atoms with E-state index in [9.17, 15) is 0 Å². The number of aromatic nitrogens is 2. The van der Waals surface area contributed by atoms with Gasteiger partial charge in [-0.2, -0.15) is 5.26 Å². The molecule has 4 heteroatoms. The van der Waals surface area contributed by atoms with E-state index in [1.807, 2.05) is 0 Å². The Bertz CT molecular complexity index is 388. The minimum atomic E-state index is 0.0850. The molecule has 1 fully saturated rings. The normalized spacial score (nSPS) is 18.4. The van der Waals surface area contributed by atoms with Gasteiger partial charge in [0.2, 0.25) is 0 Å². The number of nitrogens with zero attached hydrogens (tertiary/aromatic N) is 3. The summed E-state index contributed by atoms with van der Waals surface area (Å²) in [6, 6.07) is 2.05. The van der Waals surface area contributed by atoms with E-state index in [0.29, 0.717) is 11.5 Å². The largest absolute Gasteiger partial charge is 0.363 e. The van der Waals surface area contributed by atoms with Gasteiger partial charge in [-0.05, 0) is 19.8 Å². The van der Waals surface area contributed by atoms with E-state index in [1.54, 1.807) is 12.4 Å². The summed E-state index contributed by atoms with van der Waals surface area (Å²) in [5, 5.41) is 12.2. The van der Waals surface area contributed by atoms with Gasteiger partial charge < -0.3 is 5.32 Å². The lowest BCUT2D eigenvalue weighted by atomic mass is 10.0. The number of hydrogen-bond donors (Lipinski definition) is 1. The quantitative estimate of drug-likeness (QED) is 0.797. The van der Waals surface area contributed by atoms with Gasteiger partial charge in [0, 0.05) is 17.9 Å². The molecule has 2 rings (SSSR count). The lowest BCUT2D eigenvalue weighted by Gasteiger charge is -2.25. The highest BCUT2D eigenvalue weighted by molar-refractivity contribution is 5.48. The molecule has 1 N–H and O–H groups in total. The van der Waals surface area contributed by atoms with Crippen molar-refractivity contribution < 1.29 is 0 Å². The van der Waals surface area contributed by atoms with Gasteiger partial charge in [0.25, 0.3) is 0 Å². The van der Waals surface area contributed by atoms with Gasteiger partial charge >= 0.3 is 0 Å². The Hall–Kier alpha value is -1.63. The van der Waals surface area contributed by atoms with Crippen LogP contribution in [0.3, 0.4) is 0 Å². The number of rotatable bonds is 2. The molecule has 4 nitrogen and oxygen atoms in total. The van der Waals surface area contributed by atoms with Crippen molar-refractivity contribution >= 4 is 5.82 Å². The lowest BCUT2D eigenvalue weighted by Crippen LogP contribution is -2.31. The summed E-state index contributed by atoms with van der Waals surface area (Å²) in [6.07, 6.45) is 7.91. The average Bonchev–Trinajstić information content (AvgIpc) is 2.66. The first-order chi connectivity index (χ1) is 7.23. The van der Waals surface area contributed by atoms with Crippen LogP contribution in [0.5, 0.6) is 0 Å². The van der Waals surface area contributed by atoms with Crippen molar-refractivity contribution in [3.8, 4) is 6.07 Å². The summed E-state index contributed by atoms with van der Waals surface area (Å²) < 4.78 is 0. The first-order valence-corrected chi connectivity index (χ1v) is 5.23. The second kappa shape index (κ2) is 3.85. The molecule has 0 radical (unpaired) electrons. The number of anilines is 1. The maximum atomic E-state index is 8.88. The SMILES string of the molecule is CC1(Nc2nccnc2C#N)CCCC1. The monoisotopic (exact) mass is 202 g/mol. The van der Waals surface area contributed by atoms with Gasteiger partial charge in [0.05, 0.1) is 0 Å². The van der Waals surface area contributed by atoms with Gasteiger partial charge in [-0.1, -0.05) is 12.8 Å². The number of nitriles is 1. The molecular weight excluding hydrogens is 188 g/mol. The van der Waals surface area contributed by atoms with Crippen molar-refractivity contribution in [2.45, 2.75) is 38.1 Å². The van der Waals surface area contributed by atoms with Gasteiger partial charge in [-0.25, -0.2) is 9.97 Å². The highest BCUT2D eigenvalue weighted by Gasteiger charge is 2.29. The second-order valence-electron chi connectivity index (χ2n) is 4.26. The van der Waals surface area contributed by atoms with E-state index in [-0.39, 0.29) is 5.54 Å². The zero-order valence-corrected chi connectivity index (χ0v) is 8.82. The molecule has 1 aromatic heterocycles. The fourth-order valence-electron chi connectivity index (χ4n) is 2.08. The van der Waals surface area contributed by atoms with E-state index in [0.717, 1.165) is 12.8 Å². The van der Waals surface area contributed by atoms with Gasteiger partial charge in [0.1, 0.15) is 6.07 Å². The third kappa shape index (κ3) is 2.07. The lowest BCUT2D eigenvalue weighted by molar-refractivity contribution is 0.530. The Morgan fingerprint density at radius 3 is 2.67 bits per heavy atom. The third-order valence-corrected chi connectivity index (χ3v) is 2.93. The molecule has 0 unspecified atom stereocenters. The third-order valence-electron chi connectivity index (χ3n) is 2.93. The molecule has 1 aromatic rings. The van der Waals surface area contributed by atoms with Crippen LogP contribution in [0, 0.1) is 11.3 Å². The molecule has 0 bridgehead atoms. The molecule has 0 aromatic carbocycles. The summed E-state index contributed by atoms with van der Waals surface area (Å²) in [7, 11) is 0. The first-order valence-electron chi connectivity index (χ1n) is 5.23. The molecule has 0 atom stereocenters. The highest BCUT2D eigenvalue weighted by atomic mass is 15.1. The predicted octanol–water partition coefficient (Wildman–Crippen LogP) is 2.09. The highest BCUT2D eigenvalue weighted by Crippen LogP contribution is 2.32. The minimum Gasteiger partial charge on any atom is -0.363 e. The molecule has 1 aliphatic rings. The number of nitrogens with one attached hydrogen (secondary N) is 1. The van der Waals surface area contributed by atoms with E-state index in [4.69, 9.17) is 5.26 Å². The van der Waals surface area contributed by atoms with Crippen molar-refractivity contribution in [3.63, 3.8) is 0 Å². The van der Waals surface area contributed by atoms with Crippen molar-refractivity contribution in [1.82, 2.24) is 9.97 Å². The summed E-state index contributed by atoms with van der Waals surface area (Å²) >= 11 is 0. The Morgan fingerprint density at radius 2 is 2.00 bits per heavy atom. The summed E-state index contributed by atoms with van der Waals surface area (Å²) in [5.74, 6) is 0.615. The smallest absolute Gasteiger partial charge is 0.182 e. The average molecular weight is 202 g/mol. The molecule has 1 aliphatic carbocycles. The molecule has 0 aliphatic heterocycles. The van der Waals surface area contributed by atoms with Crippen molar-refractivity contribution in [3.05, 3.63) is 18.1 Å². The van der Waals surface area contributed by atoms with E-state index in [2.05, 4.69) is 28.3 Å². The Labute approximate surface area is 89.4 Å². The van der Waals surface area contributed by atoms with Crippen LogP contribution in [0.25, 0.3) is 0 Å². The fraction of sp³-hybridized carbons (Fsp3) is 0.545. The van der Waals surface area contributed by atoms with Crippen LogP contribution in [0.15, 0.2) is 12.4 Å². The van der Waals surface area contributed by atoms with Crippen LogP contribution >= 0.6 is 0 Å². The molecule has 15 heavy (non-hydrogen) atoms. The van der Waals surface area contributed by atoms with Crippen molar-refractivity contribution in [2.24, 2.45) is 0 Å². The van der Waals surface area contributed by atoms with E-state index in [1.165, 1.54) is 12.8 Å². The van der Waals surface area contributed by atoms with Crippen molar-refractivity contribution in [2.75, 3.05) is 5.32 Å². The van der Waals surface area contributed by atoms with Gasteiger partial charge in [-0.15, -0.1) is 0 Å².